The molecule has 19 heavy (non-hydrogen) atoms. The summed E-state index contributed by atoms with van der Waals surface area (Å²) in [6.45, 7) is 2.84. The number of quaternary nitrogens is 1. The maximum Gasteiger partial charge on any atom is 0.272 e. The minimum Gasteiger partial charge on any atom is -0.446 e. The minimum atomic E-state index is 0.184. The Hall–Kier alpha value is -1.98. The second kappa shape index (κ2) is 4.95. The van der Waals surface area contributed by atoms with Crippen LogP contribution in [0.1, 0.15) is 12.2 Å². The van der Waals surface area contributed by atoms with E-state index < -0.39 is 0 Å². The van der Waals surface area contributed by atoms with Gasteiger partial charge >= 0.3 is 0 Å². The van der Waals surface area contributed by atoms with Crippen molar-refractivity contribution >= 4 is 27.9 Å². The molecule has 0 saturated carbocycles. The zero-order chi connectivity index (χ0) is 13.2. The van der Waals surface area contributed by atoms with Gasteiger partial charge in [0.15, 0.2) is 0 Å². The van der Waals surface area contributed by atoms with Gasteiger partial charge in [0, 0.05) is 18.4 Å². The smallest absolute Gasteiger partial charge is 0.272 e. The highest BCUT2D eigenvalue weighted by Gasteiger charge is 2.16. The van der Waals surface area contributed by atoms with Crippen molar-refractivity contribution in [2.24, 2.45) is 0 Å². The van der Waals surface area contributed by atoms with Crippen LogP contribution in [0, 0.1) is 6.92 Å². The van der Waals surface area contributed by atoms with E-state index in [-0.39, 0.29) is 6.61 Å². The lowest BCUT2D eigenvalue weighted by Gasteiger charge is -2.00. The van der Waals surface area contributed by atoms with E-state index in [1.54, 1.807) is 0 Å². The number of para-hydroxylation sites is 1. The van der Waals surface area contributed by atoms with Gasteiger partial charge in [-0.05, 0) is 19.1 Å². The molecule has 0 aliphatic rings. The highest BCUT2D eigenvalue weighted by Crippen LogP contribution is 2.29. The van der Waals surface area contributed by atoms with Crippen LogP contribution < -0.4 is 5.32 Å². The average molecular weight is 258 g/mol. The van der Waals surface area contributed by atoms with Gasteiger partial charge in [-0.1, -0.05) is 12.1 Å². The predicted molar refractivity (Wildman–Crippen MR) is 72.2 cm³/mol. The van der Waals surface area contributed by atoms with Crippen LogP contribution in [0.4, 0.5) is 5.82 Å². The molecular formula is C14H16N3O2+. The standard InChI is InChI=1S/C14H15N3O2/c1-9-16-12-10-5-2-3-6-11(10)19-13(12)14(17-9)15-7-4-8-18/h2-3,5-6,18H,4,7-8H2,1H3,(H,15,16,17)/p+1. The molecule has 0 spiro atoms. The number of rotatable bonds is 4. The first kappa shape index (κ1) is 12.1. The lowest BCUT2D eigenvalue weighted by atomic mass is 10.2. The number of aromatic nitrogens is 2. The number of aliphatic hydroxyl groups excluding tert-OH is 1. The molecule has 0 amide bonds. The van der Waals surface area contributed by atoms with Gasteiger partial charge in [0.25, 0.3) is 5.82 Å². The minimum absolute atomic E-state index is 0.184. The Morgan fingerprint density at radius 2 is 2.11 bits per heavy atom. The highest BCUT2D eigenvalue weighted by atomic mass is 16.3. The molecule has 3 rings (SSSR count). The Morgan fingerprint density at radius 1 is 1.26 bits per heavy atom. The van der Waals surface area contributed by atoms with Crippen LogP contribution in [0.2, 0.25) is 0 Å². The van der Waals surface area contributed by atoms with Gasteiger partial charge < -0.3 is 9.52 Å². The highest BCUT2D eigenvalue weighted by molar-refractivity contribution is 6.04. The van der Waals surface area contributed by atoms with E-state index in [0.29, 0.717) is 0 Å². The summed E-state index contributed by atoms with van der Waals surface area (Å²) in [5, 5.41) is 11.9. The number of nitrogens with two attached hydrogens (primary N) is 1. The Labute approximate surface area is 110 Å². The first-order valence-electron chi connectivity index (χ1n) is 6.39. The van der Waals surface area contributed by atoms with Crippen LogP contribution in [0.25, 0.3) is 22.1 Å². The van der Waals surface area contributed by atoms with Crippen LogP contribution in [-0.4, -0.2) is 28.2 Å². The first-order chi connectivity index (χ1) is 9.29. The number of aryl methyl sites for hydroxylation is 1. The Bertz CT molecular complexity index is 721. The second-order valence-corrected chi connectivity index (χ2v) is 4.50. The van der Waals surface area contributed by atoms with Crippen molar-refractivity contribution in [2.45, 2.75) is 13.3 Å². The zero-order valence-corrected chi connectivity index (χ0v) is 10.8. The zero-order valence-electron chi connectivity index (χ0n) is 10.8. The molecule has 3 aromatic rings. The molecule has 5 nitrogen and oxygen atoms in total. The fourth-order valence-corrected chi connectivity index (χ4v) is 2.20. The molecule has 0 aliphatic carbocycles. The van der Waals surface area contributed by atoms with Crippen molar-refractivity contribution in [3.8, 4) is 0 Å². The molecule has 0 radical (unpaired) electrons. The predicted octanol–water partition coefficient (Wildman–Crippen LogP) is 1.26. The van der Waals surface area contributed by atoms with Gasteiger partial charge in [0.1, 0.15) is 16.9 Å². The van der Waals surface area contributed by atoms with E-state index in [4.69, 9.17) is 9.52 Å². The second-order valence-electron chi connectivity index (χ2n) is 4.50. The molecule has 0 saturated heterocycles. The lowest BCUT2D eigenvalue weighted by molar-refractivity contribution is -0.574. The van der Waals surface area contributed by atoms with Crippen molar-refractivity contribution in [3.05, 3.63) is 30.1 Å². The van der Waals surface area contributed by atoms with Gasteiger partial charge in [0.2, 0.25) is 5.58 Å². The number of fused-ring (bicyclic) bond motifs is 3. The van der Waals surface area contributed by atoms with Crippen molar-refractivity contribution in [2.75, 3.05) is 13.2 Å². The summed E-state index contributed by atoms with van der Waals surface area (Å²) in [5.74, 6) is 1.54. The van der Waals surface area contributed by atoms with E-state index in [0.717, 1.165) is 46.7 Å². The van der Waals surface area contributed by atoms with Gasteiger partial charge in [-0.25, -0.2) is 4.98 Å². The summed E-state index contributed by atoms with van der Waals surface area (Å²) >= 11 is 0. The molecule has 0 aliphatic heterocycles. The molecule has 2 aromatic heterocycles. The molecule has 5 heteroatoms. The van der Waals surface area contributed by atoms with E-state index in [2.05, 4.69) is 9.97 Å². The average Bonchev–Trinajstić information content (AvgIpc) is 2.78. The number of benzene rings is 1. The summed E-state index contributed by atoms with van der Waals surface area (Å²) in [6, 6.07) is 7.86. The molecule has 0 fully saturated rings. The normalized spacial score (nSPS) is 11.5. The fraction of sp³-hybridized carbons (Fsp3) is 0.286. The molecule has 1 aromatic carbocycles. The number of nitrogens with zero attached hydrogens (tertiary/aromatic N) is 2. The SMILES string of the molecule is Cc1nc([NH2+]CCCO)c2oc3ccccc3c2n1. The van der Waals surface area contributed by atoms with E-state index in [1.807, 2.05) is 36.5 Å². The quantitative estimate of drug-likeness (QED) is 0.691. The maximum absolute atomic E-state index is 8.85. The van der Waals surface area contributed by atoms with Gasteiger partial charge in [-0.3, -0.25) is 5.32 Å². The third kappa shape index (κ3) is 2.18. The third-order valence-electron chi connectivity index (χ3n) is 3.06. The van der Waals surface area contributed by atoms with Crippen LogP contribution in [0.3, 0.4) is 0 Å². The summed E-state index contributed by atoms with van der Waals surface area (Å²) in [5.41, 5.74) is 2.41. The first-order valence-corrected chi connectivity index (χ1v) is 6.39. The largest absolute Gasteiger partial charge is 0.446 e. The molecule has 0 atom stereocenters. The van der Waals surface area contributed by atoms with Crippen LogP contribution in [0.5, 0.6) is 0 Å². The number of furan rings is 1. The van der Waals surface area contributed by atoms with Crippen LogP contribution in [0.15, 0.2) is 28.7 Å². The monoisotopic (exact) mass is 258 g/mol. The fourth-order valence-electron chi connectivity index (χ4n) is 2.20. The third-order valence-corrected chi connectivity index (χ3v) is 3.06. The van der Waals surface area contributed by atoms with Crippen LogP contribution in [-0.2, 0) is 0 Å². The Morgan fingerprint density at radius 3 is 2.95 bits per heavy atom. The van der Waals surface area contributed by atoms with Crippen molar-refractivity contribution in [1.29, 1.82) is 0 Å². The summed E-state index contributed by atoms with van der Waals surface area (Å²) in [6.07, 6.45) is 0.727. The molecular weight excluding hydrogens is 242 g/mol. The molecule has 2 heterocycles. The van der Waals surface area contributed by atoms with E-state index >= 15 is 0 Å². The van der Waals surface area contributed by atoms with Crippen molar-refractivity contribution in [3.63, 3.8) is 0 Å². The Kier molecular flexibility index (Phi) is 3.15. The molecule has 98 valence electrons. The number of aliphatic hydroxyl groups is 1. The molecule has 0 unspecified atom stereocenters. The molecule has 0 bridgehead atoms. The van der Waals surface area contributed by atoms with Crippen molar-refractivity contribution in [1.82, 2.24) is 9.97 Å². The topological polar surface area (TPSA) is 75.8 Å². The van der Waals surface area contributed by atoms with Crippen molar-refractivity contribution < 1.29 is 14.8 Å². The number of hydrogen-bond acceptors (Lipinski definition) is 4. The van der Waals surface area contributed by atoms with E-state index in [9.17, 15) is 0 Å². The Balaban J connectivity index is 2.15. The maximum atomic E-state index is 8.85. The molecule has 3 N–H and O–H groups in total. The summed E-state index contributed by atoms with van der Waals surface area (Å²) in [7, 11) is 0. The van der Waals surface area contributed by atoms with Gasteiger partial charge in [-0.2, -0.15) is 4.98 Å². The summed E-state index contributed by atoms with van der Waals surface area (Å²) < 4.78 is 5.85. The van der Waals surface area contributed by atoms with Gasteiger partial charge in [-0.15, -0.1) is 0 Å². The van der Waals surface area contributed by atoms with E-state index in [1.165, 1.54) is 0 Å². The lowest BCUT2D eigenvalue weighted by Crippen LogP contribution is -2.78. The number of hydrogen-bond donors (Lipinski definition) is 2. The van der Waals surface area contributed by atoms with Crippen LogP contribution >= 0.6 is 0 Å². The van der Waals surface area contributed by atoms with Gasteiger partial charge in [0.05, 0.1) is 6.54 Å². The summed E-state index contributed by atoms with van der Waals surface area (Å²) in [4.78, 5) is 8.90.